The van der Waals surface area contributed by atoms with Crippen LogP contribution in [0.2, 0.25) is 0 Å². The van der Waals surface area contributed by atoms with E-state index >= 15 is 0 Å². The molecule has 2 aromatic rings. The smallest absolute Gasteiger partial charge is 0.449 e. The van der Waals surface area contributed by atoms with Crippen molar-refractivity contribution >= 4 is 28.6 Å². The van der Waals surface area contributed by atoms with Crippen LogP contribution < -0.4 is 5.32 Å². The molecule has 8 nitrogen and oxygen atoms in total. The number of aliphatic hydroxyl groups is 1. The maximum Gasteiger partial charge on any atom is 0.449 e. The zero-order valence-electron chi connectivity index (χ0n) is 14.1. The standard InChI is InChI=1S/C16H15F3N4O4/c1-27-14(26)9-7-23(4-5-24)13(25)12(9)20-8-2-3-10-11(6-8)22-15(21-10)16(17,18)19/h2-3,6,20,24H,4-5,7H2,1H3,(H,21,22). The van der Waals surface area contributed by atoms with Gasteiger partial charge in [-0.3, -0.25) is 4.79 Å². The number of hydrogen-bond acceptors (Lipinski definition) is 6. The first-order chi connectivity index (χ1) is 12.7. The predicted molar refractivity (Wildman–Crippen MR) is 87.4 cm³/mol. The third-order valence-electron chi connectivity index (χ3n) is 3.97. The normalized spacial score (nSPS) is 15.0. The molecule has 27 heavy (non-hydrogen) atoms. The van der Waals surface area contributed by atoms with Gasteiger partial charge in [0.2, 0.25) is 5.82 Å². The van der Waals surface area contributed by atoms with Crippen molar-refractivity contribution in [2.24, 2.45) is 0 Å². The van der Waals surface area contributed by atoms with Gasteiger partial charge >= 0.3 is 12.1 Å². The molecule has 1 amide bonds. The molecule has 1 aliphatic heterocycles. The SMILES string of the molecule is COC(=O)C1=C(Nc2ccc3nc(C(F)(F)F)[nH]c3c2)C(=O)N(CCO)C1. The van der Waals surface area contributed by atoms with Crippen LogP contribution in [0.1, 0.15) is 5.82 Å². The van der Waals surface area contributed by atoms with Crippen molar-refractivity contribution in [3.05, 3.63) is 35.3 Å². The second-order valence-electron chi connectivity index (χ2n) is 5.74. The summed E-state index contributed by atoms with van der Waals surface area (Å²) in [5.74, 6) is -2.37. The number of β-amino-alcohol motifs (C(OH)–C–C–N with tert-alkyl or cyclic N) is 1. The molecule has 0 atom stereocenters. The van der Waals surface area contributed by atoms with Crippen molar-refractivity contribution in [3.8, 4) is 0 Å². The van der Waals surface area contributed by atoms with Gasteiger partial charge < -0.3 is 25.0 Å². The highest BCUT2D eigenvalue weighted by Gasteiger charge is 2.36. The number of carbonyl (C=O) groups excluding carboxylic acids is 2. The first-order valence-corrected chi connectivity index (χ1v) is 7.80. The number of hydrogen-bond donors (Lipinski definition) is 3. The number of nitrogens with one attached hydrogen (secondary N) is 2. The van der Waals surface area contributed by atoms with Crippen LogP contribution >= 0.6 is 0 Å². The van der Waals surface area contributed by atoms with E-state index in [4.69, 9.17) is 5.11 Å². The summed E-state index contributed by atoms with van der Waals surface area (Å²) in [6.07, 6.45) is -4.61. The number of H-pyrrole nitrogens is 1. The van der Waals surface area contributed by atoms with Gasteiger partial charge in [-0.1, -0.05) is 0 Å². The Morgan fingerprint density at radius 1 is 1.44 bits per heavy atom. The number of benzene rings is 1. The molecule has 1 aliphatic rings. The lowest BCUT2D eigenvalue weighted by Gasteiger charge is -2.15. The first kappa shape index (κ1) is 18.7. The molecule has 0 aliphatic carbocycles. The maximum atomic E-state index is 12.8. The molecule has 0 spiro atoms. The van der Waals surface area contributed by atoms with E-state index in [1.54, 1.807) is 0 Å². The van der Waals surface area contributed by atoms with Crippen LogP contribution in [-0.4, -0.2) is 58.7 Å². The Morgan fingerprint density at radius 3 is 2.81 bits per heavy atom. The Kier molecular flexibility index (Phi) is 4.79. The van der Waals surface area contributed by atoms with E-state index < -0.39 is 23.9 Å². The highest BCUT2D eigenvalue weighted by molar-refractivity contribution is 6.08. The van der Waals surface area contributed by atoms with Crippen molar-refractivity contribution in [3.63, 3.8) is 0 Å². The first-order valence-electron chi connectivity index (χ1n) is 7.80. The lowest BCUT2D eigenvalue weighted by atomic mass is 10.2. The molecule has 0 saturated heterocycles. The summed E-state index contributed by atoms with van der Waals surface area (Å²) < 4.78 is 43.0. The quantitative estimate of drug-likeness (QED) is 0.670. The van der Waals surface area contributed by atoms with E-state index in [2.05, 4.69) is 20.0 Å². The zero-order chi connectivity index (χ0) is 19.8. The number of rotatable bonds is 5. The molecule has 11 heteroatoms. The van der Waals surface area contributed by atoms with Gasteiger partial charge in [-0.05, 0) is 18.2 Å². The van der Waals surface area contributed by atoms with Gasteiger partial charge in [-0.25, -0.2) is 9.78 Å². The number of amides is 1. The molecule has 0 radical (unpaired) electrons. The van der Waals surface area contributed by atoms with Gasteiger partial charge in [0, 0.05) is 12.2 Å². The van der Waals surface area contributed by atoms with E-state index in [1.807, 2.05) is 0 Å². The second kappa shape index (κ2) is 6.91. The van der Waals surface area contributed by atoms with Crippen molar-refractivity contribution in [2.45, 2.75) is 6.18 Å². The van der Waals surface area contributed by atoms with Gasteiger partial charge in [0.05, 0.1) is 36.9 Å². The summed E-state index contributed by atoms with van der Waals surface area (Å²) >= 11 is 0. The number of carbonyl (C=O) groups is 2. The number of ether oxygens (including phenoxy) is 1. The molecule has 2 heterocycles. The third kappa shape index (κ3) is 3.58. The molecular formula is C16H15F3N4O4. The molecule has 3 rings (SSSR count). The summed E-state index contributed by atoms with van der Waals surface area (Å²) in [5.41, 5.74) is 0.525. The van der Waals surface area contributed by atoms with Gasteiger partial charge in [0.15, 0.2) is 0 Å². The Hall–Kier alpha value is -3.08. The molecule has 3 N–H and O–H groups in total. The summed E-state index contributed by atoms with van der Waals surface area (Å²) in [7, 11) is 1.17. The fourth-order valence-corrected chi connectivity index (χ4v) is 2.71. The summed E-state index contributed by atoms with van der Waals surface area (Å²) in [4.78, 5) is 31.3. The maximum absolute atomic E-state index is 12.8. The van der Waals surface area contributed by atoms with E-state index in [0.717, 1.165) is 0 Å². The number of alkyl halides is 3. The Morgan fingerprint density at radius 2 is 2.19 bits per heavy atom. The number of anilines is 1. The molecule has 1 aromatic carbocycles. The van der Waals surface area contributed by atoms with Gasteiger partial charge in [0.1, 0.15) is 5.70 Å². The van der Waals surface area contributed by atoms with Crippen molar-refractivity contribution < 1.29 is 32.6 Å². The number of aromatic nitrogens is 2. The van der Waals surface area contributed by atoms with E-state index in [-0.39, 0.29) is 47.7 Å². The van der Waals surface area contributed by atoms with Crippen molar-refractivity contribution in [1.29, 1.82) is 0 Å². The van der Waals surface area contributed by atoms with Crippen LogP contribution in [0.4, 0.5) is 18.9 Å². The number of imidazole rings is 1. The highest BCUT2D eigenvalue weighted by Crippen LogP contribution is 2.30. The van der Waals surface area contributed by atoms with Crippen LogP contribution in [0.5, 0.6) is 0 Å². The Labute approximate surface area is 150 Å². The third-order valence-corrected chi connectivity index (χ3v) is 3.97. The van der Waals surface area contributed by atoms with E-state index in [0.29, 0.717) is 0 Å². The molecule has 0 fully saturated rings. The van der Waals surface area contributed by atoms with E-state index in [9.17, 15) is 22.8 Å². The number of fused-ring (bicyclic) bond motifs is 1. The molecule has 1 aromatic heterocycles. The average Bonchev–Trinajstić information content (AvgIpc) is 3.17. The minimum atomic E-state index is -4.61. The van der Waals surface area contributed by atoms with Crippen molar-refractivity contribution in [2.75, 3.05) is 32.1 Å². The largest absolute Gasteiger partial charge is 0.466 e. The fourth-order valence-electron chi connectivity index (χ4n) is 2.71. The van der Waals surface area contributed by atoms with Crippen LogP contribution in [0.15, 0.2) is 29.5 Å². The van der Waals surface area contributed by atoms with Crippen molar-refractivity contribution in [1.82, 2.24) is 14.9 Å². The van der Waals surface area contributed by atoms with Crippen LogP contribution in [0.25, 0.3) is 11.0 Å². The monoisotopic (exact) mass is 384 g/mol. The molecule has 0 saturated carbocycles. The van der Waals surface area contributed by atoms with Gasteiger partial charge in [-0.2, -0.15) is 13.2 Å². The topological polar surface area (TPSA) is 108 Å². The molecule has 0 unspecified atom stereocenters. The Bertz CT molecular complexity index is 935. The number of aromatic amines is 1. The Balaban J connectivity index is 1.94. The highest BCUT2D eigenvalue weighted by atomic mass is 19.4. The lowest BCUT2D eigenvalue weighted by Crippen LogP contribution is -2.31. The predicted octanol–water partition coefficient (Wildman–Crippen LogP) is 1.26. The number of aliphatic hydroxyl groups excluding tert-OH is 1. The fraction of sp³-hybridized carbons (Fsp3) is 0.312. The lowest BCUT2D eigenvalue weighted by molar-refractivity contribution is -0.144. The number of esters is 1. The van der Waals surface area contributed by atoms with Crippen LogP contribution in [-0.2, 0) is 20.5 Å². The van der Waals surface area contributed by atoms with E-state index in [1.165, 1.54) is 30.2 Å². The molecular weight excluding hydrogens is 369 g/mol. The summed E-state index contributed by atoms with van der Waals surface area (Å²) in [6, 6.07) is 4.14. The summed E-state index contributed by atoms with van der Waals surface area (Å²) in [5, 5.41) is 11.8. The minimum absolute atomic E-state index is 0.0268. The average molecular weight is 384 g/mol. The van der Waals surface area contributed by atoms with Gasteiger partial charge in [-0.15, -0.1) is 0 Å². The van der Waals surface area contributed by atoms with Gasteiger partial charge in [0.25, 0.3) is 5.91 Å². The molecule has 0 bridgehead atoms. The zero-order valence-corrected chi connectivity index (χ0v) is 14.1. The number of halogens is 3. The summed E-state index contributed by atoms with van der Waals surface area (Å²) in [6.45, 7) is -0.300. The number of nitrogens with zero attached hydrogens (tertiary/aromatic N) is 2. The van der Waals surface area contributed by atoms with Crippen LogP contribution in [0, 0.1) is 0 Å². The second-order valence-corrected chi connectivity index (χ2v) is 5.74. The van der Waals surface area contributed by atoms with Crippen LogP contribution in [0.3, 0.4) is 0 Å². The minimum Gasteiger partial charge on any atom is -0.466 e. The number of methoxy groups -OCH3 is 1. The molecule has 144 valence electrons.